The molecule has 0 aliphatic rings. The van der Waals surface area contributed by atoms with Gasteiger partial charge in [-0.2, -0.15) is 13.2 Å². The molecule has 0 aliphatic heterocycles. The Balaban J connectivity index is 2.08. The summed E-state index contributed by atoms with van der Waals surface area (Å²) < 4.78 is 36.6. The molecule has 0 aliphatic carbocycles. The topological polar surface area (TPSA) is 54.0 Å². The van der Waals surface area contributed by atoms with Gasteiger partial charge in [0.1, 0.15) is 6.54 Å². The molecule has 2 amide bonds. The number of alkyl halides is 3. The minimum Gasteiger partial charge on any atom is -0.329 e. The van der Waals surface area contributed by atoms with Crippen LogP contribution in [-0.2, 0) is 6.42 Å². The van der Waals surface area contributed by atoms with Gasteiger partial charge in [-0.25, -0.2) is 4.79 Å². The van der Waals surface area contributed by atoms with Crippen LogP contribution in [0.4, 0.5) is 18.0 Å². The number of nitrogens with zero attached hydrogens (tertiary/aromatic N) is 1. The molecule has 0 bridgehead atoms. The summed E-state index contributed by atoms with van der Waals surface area (Å²) in [5.41, 5.74) is 2.64. The first-order valence-electron chi connectivity index (χ1n) is 7.41. The van der Waals surface area contributed by atoms with E-state index in [4.69, 9.17) is 0 Å². The largest absolute Gasteiger partial charge is 0.405 e. The number of benzene rings is 1. The molecule has 4 nitrogen and oxygen atoms in total. The molecular formula is C17H18F3N3O. The Bertz CT molecular complexity index is 657. The van der Waals surface area contributed by atoms with Gasteiger partial charge in [-0.15, -0.1) is 0 Å². The molecule has 0 radical (unpaired) electrons. The van der Waals surface area contributed by atoms with Crippen LogP contribution in [-0.4, -0.2) is 23.7 Å². The second-order valence-electron chi connectivity index (χ2n) is 5.44. The van der Waals surface area contributed by atoms with Crippen LogP contribution in [0.1, 0.15) is 22.9 Å². The SMILES string of the molecule is Cc1ccc(C[C@@H](NC(=O)NCC(F)(F)F)c2ccccn2)cc1. The summed E-state index contributed by atoms with van der Waals surface area (Å²) in [7, 11) is 0. The molecule has 0 saturated carbocycles. The third-order valence-corrected chi connectivity index (χ3v) is 3.36. The molecule has 1 aromatic carbocycles. The summed E-state index contributed by atoms with van der Waals surface area (Å²) >= 11 is 0. The lowest BCUT2D eigenvalue weighted by Gasteiger charge is -2.19. The lowest BCUT2D eigenvalue weighted by Crippen LogP contribution is -2.43. The number of amides is 2. The van der Waals surface area contributed by atoms with Crippen molar-refractivity contribution in [2.45, 2.75) is 25.6 Å². The number of urea groups is 1. The fraction of sp³-hybridized carbons (Fsp3) is 0.294. The lowest BCUT2D eigenvalue weighted by atomic mass is 10.0. The van der Waals surface area contributed by atoms with Crippen LogP contribution in [0, 0.1) is 6.92 Å². The fourth-order valence-electron chi connectivity index (χ4n) is 2.16. The van der Waals surface area contributed by atoms with Crippen molar-refractivity contribution in [2.75, 3.05) is 6.54 Å². The molecule has 1 aromatic heterocycles. The molecule has 128 valence electrons. The third-order valence-electron chi connectivity index (χ3n) is 3.36. The van der Waals surface area contributed by atoms with Crippen LogP contribution < -0.4 is 10.6 Å². The van der Waals surface area contributed by atoms with Crippen LogP contribution in [0.25, 0.3) is 0 Å². The van der Waals surface area contributed by atoms with Gasteiger partial charge in [-0.05, 0) is 31.0 Å². The van der Waals surface area contributed by atoms with Gasteiger partial charge in [0.25, 0.3) is 0 Å². The molecule has 2 rings (SSSR count). The standard InChI is InChI=1S/C17H18F3N3O/c1-12-5-7-13(8-6-12)10-15(14-4-2-3-9-21-14)23-16(24)22-11-17(18,19)20/h2-9,15H,10-11H2,1H3,(H2,22,23,24)/t15-/m1/s1. The molecule has 0 saturated heterocycles. The zero-order valence-electron chi connectivity index (χ0n) is 13.1. The predicted octanol–water partition coefficient (Wildman–Crippen LogP) is 3.54. The van der Waals surface area contributed by atoms with E-state index in [1.165, 1.54) is 0 Å². The maximum absolute atomic E-state index is 12.2. The molecule has 1 atom stereocenters. The number of rotatable bonds is 5. The van der Waals surface area contributed by atoms with Gasteiger partial charge in [-0.1, -0.05) is 35.9 Å². The van der Waals surface area contributed by atoms with E-state index in [0.717, 1.165) is 11.1 Å². The highest BCUT2D eigenvalue weighted by molar-refractivity contribution is 5.74. The zero-order chi connectivity index (χ0) is 17.6. The normalized spacial score (nSPS) is 12.5. The predicted molar refractivity (Wildman–Crippen MR) is 84.5 cm³/mol. The number of aromatic nitrogens is 1. The number of hydrogen-bond acceptors (Lipinski definition) is 2. The average Bonchev–Trinajstić information content (AvgIpc) is 2.54. The van der Waals surface area contributed by atoms with Gasteiger partial charge >= 0.3 is 12.2 Å². The van der Waals surface area contributed by atoms with Gasteiger partial charge in [0.15, 0.2) is 0 Å². The smallest absolute Gasteiger partial charge is 0.329 e. The maximum atomic E-state index is 12.2. The Hall–Kier alpha value is -2.57. The van der Waals surface area contributed by atoms with Gasteiger partial charge in [-0.3, -0.25) is 4.98 Å². The number of carbonyl (C=O) groups excluding carboxylic acids is 1. The fourth-order valence-corrected chi connectivity index (χ4v) is 2.16. The number of nitrogens with one attached hydrogen (secondary N) is 2. The van der Waals surface area contributed by atoms with Crippen LogP contribution >= 0.6 is 0 Å². The molecule has 0 spiro atoms. The van der Waals surface area contributed by atoms with Crippen molar-refractivity contribution >= 4 is 6.03 Å². The number of halogens is 3. The highest BCUT2D eigenvalue weighted by Gasteiger charge is 2.28. The third kappa shape index (κ3) is 5.91. The van der Waals surface area contributed by atoms with Crippen LogP contribution in [0.5, 0.6) is 0 Å². The summed E-state index contributed by atoms with van der Waals surface area (Å²) in [6.45, 7) is 0.584. The van der Waals surface area contributed by atoms with E-state index in [9.17, 15) is 18.0 Å². The second kappa shape index (κ2) is 7.81. The van der Waals surface area contributed by atoms with E-state index in [2.05, 4.69) is 10.3 Å². The van der Waals surface area contributed by atoms with Crippen molar-refractivity contribution in [1.82, 2.24) is 15.6 Å². The van der Waals surface area contributed by atoms with Crippen molar-refractivity contribution in [3.8, 4) is 0 Å². The Labute approximate surface area is 138 Å². The summed E-state index contributed by atoms with van der Waals surface area (Å²) in [4.78, 5) is 16.0. The molecule has 7 heteroatoms. The van der Waals surface area contributed by atoms with Gasteiger partial charge in [0.2, 0.25) is 0 Å². The number of pyridine rings is 1. The van der Waals surface area contributed by atoms with E-state index >= 15 is 0 Å². The lowest BCUT2D eigenvalue weighted by molar-refractivity contribution is -0.122. The van der Waals surface area contributed by atoms with Gasteiger partial charge in [0, 0.05) is 6.20 Å². The second-order valence-corrected chi connectivity index (χ2v) is 5.44. The molecule has 2 N–H and O–H groups in total. The Kier molecular flexibility index (Phi) is 5.78. The zero-order valence-corrected chi connectivity index (χ0v) is 13.1. The van der Waals surface area contributed by atoms with Crippen LogP contribution in [0.2, 0.25) is 0 Å². The minimum absolute atomic E-state index is 0.427. The van der Waals surface area contributed by atoms with Crippen molar-refractivity contribution in [1.29, 1.82) is 0 Å². The maximum Gasteiger partial charge on any atom is 0.405 e. The highest BCUT2D eigenvalue weighted by Crippen LogP contribution is 2.17. The minimum atomic E-state index is -4.45. The summed E-state index contributed by atoms with van der Waals surface area (Å²) in [6, 6.07) is 11.5. The highest BCUT2D eigenvalue weighted by atomic mass is 19.4. The van der Waals surface area contributed by atoms with Crippen molar-refractivity contribution < 1.29 is 18.0 Å². The molecule has 0 unspecified atom stereocenters. The molecule has 24 heavy (non-hydrogen) atoms. The van der Waals surface area contributed by atoms with Gasteiger partial charge in [0.05, 0.1) is 11.7 Å². The monoisotopic (exact) mass is 337 g/mol. The number of aryl methyl sites for hydroxylation is 1. The Morgan fingerprint density at radius 2 is 1.88 bits per heavy atom. The Morgan fingerprint density at radius 3 is 2.46 bits per heavy atom. The van der Waals surface area contributed by atoms with Crippen molar-refractivity contribution in [3.05, 3.63) is 65.5 Å². The van der Waals surface area contributed by atoms with E-state index in [-0.39, 0.29) is 0 Å². The van der Waals surface area contributed by atoms with E-state index in [1.54, 1.807) is 24.4 Å². The first-order chi connectivity index (χ1) is 11.3. The van der Waals surface area contributed by atoms with E-state index < -0.39 is 24.8 Å². The molecular weight excluding hydrogens is 319 g/mol. The molecule has 0 fully saturated rings. The number of hydrogen-bond donors (Lipinski definition) is 2. The molecule has 1 heterocycles. The first kappa shape index (κ1) is 17.8. The van der Waals surface area contributed by atoms with Crippen molar-refractivity contribution in [3.63, 3.8) is 0 Å². The molecule has 2 aromatic rings. The van der Waals surface area contributed by atoms with E-state index in [1.807, 2.05) is 36.5 Å². The number of carbonyl (C=O) groups is 1. The summed E-state index contributed by atoms with van der Waals surface area (Å²) in [6.07, 6.45) is -2.45. The van der Waals surface area contributed by atoms with E-state index in [0.29, 0.717) is 12.1 Å². The Morgan fingerprint density at radius 1 is 1.17 bits per heavy atom. The van der Waals surface area contributed by atoms with Crippen LogP contribution in [0.15, 0.2) is 48.7 Å². The summed E-state index contributed by atoms with van der Waals surface area (Å²) in [5, 5.41) is 4.37. The van der Waals surface area contributed by atoms with Gasteiger partial charge < -0.3 is 10.6 Å². The quantitative estimate of drug-likeness (QED) is 0.877. The first-order valence-corrected chi connectivity index (χ1v) is 7.41. The summed E-state index contributed by atoms with van der Waals surface area (Å²) in [5.74, 6) is 0. The average molecular weight is 337 g/mol. The van der Waals surface area contributed by atoms with Crippen LogP contribution in [0.3, 0.4) is 0 Å². The van der Waals surface area contributed by atoms with Crippen molar-refractivity contribution in [2.24, 2.45) is 0 Å².